The molecule has 5 heteroatoms. The van der Waals surface area contributed by atoms with Crippen molar-refractivity contribution in [3.05, 3.63) is 23.6 Å². The zero-order chi connectivity index (χ0) is 18.0. The Bertz CT molecular complexity index is 501. The summed E-state index contributed by atoms with van der Waals surface area (Å²) < 4.78 is 11.9. The second-order valence-corrected chi connectivity index (χ2v) is 12.8. The Labute approximate surface area is 142 Å². The molecule has 0 bridgehead atoms. The van der Waals surface area contributed by atoms with E-state index in [2.05, 4.69) is 47.7 Å². The van der Waals surface area contributed by atoms with Crippen LogP contribution in [-0.2, 0) is 9.16 Å². The van der Waals surface area contributed by atoms with Crippen LogP contribution in [0.25, 0.3) is 0 Å². The van der Waals surface area contributed by atoms with Gasteiger partial charge >= 0.3 is 6.09 Å². The molecule has 0 saturated carbocycles. The van der Waals surface area contributed by atoms with Crippen molar-refractivity contribution < 1.29 is 14.0 Å². The second-order valence-electron chi connectivity index (χ2n) is 8.11. The maximum absolute atomic E-state index is 12.4. The van der Waals surface area contributed by atoms with Gasteiger partial charge in [-0.15, -0.1) is 0 Å². The van der Waals surface area contributed by atoms with E-state index in [4.69, 9.17) is 9.16 Å². The molecule has 0 radical (unpaired) electrons. The van der Waals surface area contributed by atoms with Gasteiger partial charge in [0.15, 0.2) is 5.88 Å². The van der Waals surface area contributed by atoms with Gasteiger partial charge in [-0.3, -0.25) is 0 Å². The van der Waals surface area contributed by atoms with E-state index >= 15 is 0 Å². The summed E-state index contributed by atoms with van der Waals surface area (Å²) in [5.74, 6) is 0.966. The Morgan fingerprint density at radius 2 is 1.96 bits per heavy atom. The number of cyclic esters (lactones) is 1. The Kier molecular flexibility index (Phi) is 6.13. The Hall–Kier alpha value is -1.23. The zero-order valence-electron chi connectivity index (χ0n) is 16.2. The molecular formula is C18H33NO3Si. The SMILES string of the molecule is C/C=C\C(C)=C(/O[Si](C)(C)C(C)(C)C)N1C(=O)OC[C@@H]1C(C)C. The maximum atomic E-state index is 12.4. The van der Waals surface area contributed by atoms with Crippen molar-refractivity contribution >= 4 is 14.4 Å². The standard InChI is InChI=1S/C18H33NO3Si/c1-10-11-14(4)16(22-23(8,9)18(5,6)7)19-15(13(2)3)12-21-17(19)20/h10-11,13,15H,12H2,1-9H3/b11-10-,16-14-/t15-/m1/s1. The van der Waals surface area contributed by atoms with Crippen LogP contribution in [0.2, 0.25) is 18.1 Å². The summed E-state index contributed by atoms with van der Waals surface area (Å²) in [7, 11) is -2.06. The zero-order valence-corrected chi connectivity index (χ0v) is 17.2. The lowest BCUT2D eigenvalue weighted by Crippen LogP contribution is -2.46. The van der Waals surface area contributed by atoms with E-state index in [1.807, 2.05) is 26.0 Å². The first kappa shape index (κ1) is 19.8. The van der Waals surface area contributed by atoms with Crippen LogP contribution in [0.1, 0.15) is 48.5 Å². The summed E-state index contributed by atoms with van der Waals surface area (Å²) in [6.07, 6.45) is 3.66. The summed E-state index contributed by atoms with van der Waals surface area (Å²) in [5.41, 5.74) is 0.960. The van der Waals surface area contributed by atoms with Crippen LogP contribution in [0.3, 0.4) is 0 Å². The maximum Gasteiger partial charge on any atom is 0.417 e. The topological polar surface area (TPSA) is 38.8 Å². The molecule has 1 aliphatic heterocycles. The number of carbonyl (C=O) groups excluding carboxylic acids is 1. The van der Waals surface area contributed by atoms with Crippen molar-refractivity contribution in [1.29, 1.82) is 0 Å². The summed E-state index contributed by atoms with van der Waals surface area (Å²) >= 11 is 0. The van der Waals surface area contributed by atoms with E-state index in [1.165, 1.54) is 0 Å². The quantitative estimate of drug-likeness (QED) is 0.388. The van der Waals surface area contributed by atoms with Gasteiger partial charge in [0.05, 0.1) is 6.04 Å². The number of allylic oxidation sites excluding steroid dienone is 3. The molecule has 0 aromatic heterocycles. The predicted molar refractivity (Wildman–Crippen MR) is 97.6 cm³/mol. The van der Waals surface area contributed by atoms with E-state index in [-0.39, 0.29) is 17.2 Å². The van der Waals surface area contributed by atoms with E-state index in [0.29, 0.717) is 18.4 Å². The molecule has 1 amide bonds. The second kappa shape index (κ2) is 7.12. The minimum atomic E-state index is -2.06. The van der Waals surface area contributed by atoms with Gasteiger partial charge in [0, 0.05) is 5.57 Å². The van der Waals surface area contributed by atoms with Crippen molar-refractivity contribution in [2.24, 2.45) is 5.92 Å². The first-order valence-corrected chi connectivity index (χ1v) is 11.3. The average Bonchev–Trinajstić information content (AvgIpc) is 2.77. The Morgan fingerprint density at radius 3 is 2.39 bits per heavy atom. The lowest BCUT2D eigenvalue weighted by Gasteiger charge is -2.40. The van der Waals surface area contributed by atoms with Gasteiger partial charge in [-0.25, -0.2) is 9.69 Å². The lowest BCUT2D eigenvalue weighted by atomic mass is 10.0. The minimum absolute atomic E-state index is 0.0162. The van der Waals surface area contributed by atoms with Gasteiger partial charge < -0.3 is 9.16 Å². The van der Waals surface area contributed by atoms with Crippen LogP contribution in [-0.4, -0.2) is 32.0 Å². The highest BCUT2D eigenvalue weighted by atomic mass is 28.4. The molecular weight excluding hydrogens is 306 g/mol. The Morgan fingerprint density at radius 1 is 1.39 bits per heavy atom. The number of hydrogen-bond donors (Lipinski definition) is 0. The number of nitrogens with zero attached hydrogens (tertiary/aromatic N) is 1. The van der Waals surface area contributed by atoms with Gasteiger partial charge in [-0.1, -0.05) is 46.8 Å². The summed E-state index contributed by atoms with van der Waals surface area (Å²) in [5, 5.41) is 0.0609. The smallest absolute Gasteiger partial charge is 0.417 e. The number of hydrogen-bond acceptors (Lipinski definition) is 3. The summed E-state index contributed by atoms with van der Waals surface area (Å²) in [6, 6.07) is 0.0162. The third-order valence-electron chi connectivity index (χ3n) is 4.81. The van der Waals surface area contributed by atoms with E-state index in [0.717, 1.165) is 5.57 Å². The number of carbonyl (C=O) groups is 1. The van der Waals surface area contributed by atoms with Crippen LogP contribution in [0.15, 0.2) is 23.6 Å². The van der Waals surface area contributed by atoms with Gasteiger partial charge in [0.25, 0.3) is 8.32 Å². The molecule has 0 aromatic rings. The fourth-order valence-electron chi connectivity index (χ4n) is 2.20. The third-order valence-corrected chi connectivity index (χ3v) is 9.12. The lowest BCUT2D eigenvalue weighted by molar-refractivity contribution is 0.146. The van der Waals surface area contributed by atoms with E-state index < -0.39 is 8.32 Å². The molecule has 0 unspecified atom stereocenters. The molecule has 4 nitrogen and oxygen atoms in total. The van der Waals surface area contributed by atoms with Crippen molar-refractivity contribution in [1.82, 2.24) is 4.90 Å². The highest BCUT2D eigenvalue weighted by molar-refractivity contribution is 6.74. The molecule has 1 heterocycles. The third kappa shape index (κ3) is 4.40. The van der Waals surface area contributed by atoms with E-state index in [1.54, 1.807) is 4.90 Å². The molecule has 0 aliphatic carbocycles. The fraction of sp³-hybridized carbons (Fsp3) is 0.722. The molecule has 0 spiro atoms. The summed E-state index contributed by atoms with van der Waals surface area (Å²) in [6.45, 7) is 19.6. The fourth-order valence-corrected chi connectivity index (χ4v) is 3.24. The molecule has 1 aliphatic rings. The van der Waals surface area contributed by atoms with Crippen molar-refractivity contribution in [3.8, 4) is 0 Å². The van der Waals surface area contributed by atoms with Crippen molar-refractivity contribution in [2.45, 2.75) is 72.6 Å². The molecule has 0 aromatic carbocycles. The highest BCUT2D eigenvalue weighted by Crippen LogP contribution is 2.40. The van der Waals surface area contributed by atoms with Gasteiger partial charge in [-0.05, 0) is 37.9 Å². The molecule has 1 atom stereocenters. The van der Waals surface area contributed by atoms with Crippen LogP contribution < -0.4 is 0 Å². The van der Waals surface area contributed by atoms with E-state index in [9.17, 15) is 4.79 Å². The van der Waals surface area contributed by atoms with Crippen LogP contribution in [0.4, 0.5) is 4.79 Å². The molecule has 132 valence electrons. The van der Waals surface area contributed by atoms with Gasteiger partial charge in [0.1, 0.15) is 6.61 Å². The monoisotopic (exact) mass is 339 g/mol. The van der Waals surface area contributed by atoms with Gasteiger partial charge in [-0.2, -0.15) is 0 Å². The molecule has 23 heavy (non-hydrogen) atoms. The predicted octanol–water partition coefficient (Wildman–Crippen LogP) is 5.29. The average molecular weight is 340 g/mol. The van der Waals surface area contributed by atoms with Crippen molar-refractivity contribution in [2.75, 3.05) is 6.61 Å². The van der Waals surface area contributed by atoms with Gasteiger partial charge in [0.2, 0.25) is 0 Å². The largest absolute Gasteiger partial charge is 0.531 e. The van der Waals surface area contributed by atoms with Crippen LogP contribution in [0.5, 0.6) is 0 Å². The first-order chi connectivity index (χ1) is 10.4. The Balaban J connectivity index is 3.33. The number of amides is 1. The normalized spacial score (nSPS) is 21.0. The number of rotatable bonds is 5. The number of ether oxygens (including phenoxy) is 1. The molecule has 1 saturated heterocycles. The minimum Gasteiger partial charge on any atom is -0.531 e. The highest BCUT2D eigenvalue weighted by Gasteiger charge is 2.44. The summed E-state index contributed by atoms with van der Waals surface area (Å²) in [4.78, 5) is 14.1. The molecule has 1 fully saturated rings. The molecule has 0 N–H and O–H groups in total. The molecule has 1 rings (SSSR count). The van der Waals surface area contributed by atoms with Crippen LogP contribution in [0, 0.1) is 5.92 Å². The van der Waals surface area contributed by atoms with Crippen molar-refractivity contribution in [3.63, 3.8) is 0 Å². The first-order valence-electron chi connectivity index (χ1n) is 8.41. The van der Waals surface area contributed by atoms with Crippen LogP contribution >= 0.6 is 0 Å².